The molecule has 0 bridgehead atoms. The Morgan fingerprint density at radius 1 is 0.921 bits per heavy atom. The van der Waals surface area contributed by atoms with Crippen molar-refractivity contribution in [1.82, 2.24) is 19.5 Å². The third-order valence-electron chi connectivity index (χ3n) is 7.07. The minimum absolute atomic E-state index is 0.0880. The van der Waals surface area contributed by atoms with E-state index in [0.29, 0.717) is 0 Å². The first-order chi connectivity index (χ1) is 18.5. The first-order valence-corrected chi connectivity index (χ1v) is 12.3. The van der Waals surface area contributed by atoms with Crippen LogP contribution in [0.3, 0.4) is 0 Å². The maximum atomic E-state index is 16.4. The molecular formula is C29H26FN5O3. The molecule has 0 spiro atoms. The number of aliphatic hydroxyl groups is 1. The molecular weight excluding hydrogens is 485 g/mol. The molecule has 3 aromatic carbocycles. The number of hydrogen-bond acceptors (Lipinski definition) is 7. The number of fused-ring (bicyclic) bond motifs is 1. The van der Waals surface area contributed by atoms with E-state index >= 15 is 4.39 Å². The first-order valence-electron chi connectivity index (χ1n) is 12.3. The molecule has 0 aliphatic carbocycles. The van der Waals surface area contributed by atoms with Crippen LogP contribution >= 0.6 is 0 Å². The van der Waals surface area contributed by atoms with Gasteiger partial charge in [0.25, 0.3) is 0 Å². The van der Waals surface area contributed by atoms with Crippen molar-refractivity contribution in [3.63, 3.8) is 0 Å². The predicted octanol–water partition coefficient (Wildman–Crippen LogP) is 3.80. The lowest BCUT2D eigenvalue weighted by atomic mass is 9.80. The molecule has 1 aliphatic rings. The summed E-state index contributed by atoms with van der Waals surface area (Å²) >= 11 is 0. The highest BCUT2D eigenvalue weighted by atomic mass is 19.1. The molecule has 38 heavy (non-hydrogen) atoms. The Kier molecular flexibility index (Phi) is 6.11. The average Bonchev–Trinajstić information content (AvgIpc) is 3.54. The smallest absolute Gasteiger partial charge is 0.240 e. The summed E-state index contributed by atoms with van der Waals surface area (Å²) in [5, 5.41) is 11.2. The van der Waals surface area contributed by atoms with Crippen LogP contribution in [0.25, 0.3) is 11.2 Å². The van der Waals surface area contributed by atoms with Gasteiger partial charge in [-0.25, -0.2) is 19.3 Å². The largest absolute Gasteiger partial charge is 0.385 e. The topological polar surface area (TPSA) is 108 Å². The molecule has 1 saturated heterocycles. The van der Waals surface area contributed by atoms with E-state index in [1.165, 1.54) is 12.7 Å². The van der Waals surface area contributed by atoms with Gasteiger partial charge in [-0.3, -0.25) is 4.57 Å². The summed E-state index contributed by atoms with van der Waals surface area (Å²) in [6.07, 6.45) is -0.0350. The van der Waals surface area contributed by atoms with Gasteiger partial charge in [-0.05, 0) is 16.7 Å². The van der Waals surface area contributed by atoms with E-state index < -0.39 is 30.2 Å². The van der Waals surface area contributed by atoms with Crippen molar-refractivity contribution in [2.75, 3.05) is 18.9 Å². The minimum atomic E-state index is -2.32. The van der Waals surface area contributed by atoms with E-state index in [2.05, 4.69) is 15.0 Å². The lowest BCUT2D eigenvalue weighted by Gasteiger charge is -2.37. The lowest BCUT2D eigenvalue weighted by molar-refractivity contribution is -0.0817. The lowest BCUT2D eigenvalue weighted by Crippen LogP contribution is -2.45. The van der Waals surface area contributed by atoms with E-state index in [1.807, 2.05) is 91.0 Å². The van der Waals surface area contributed by atoms with Gasteiger partial charge in [0.1, 0.15) is 36.3 Å². The molecule has 9 heteroatoms. The van der Waals surface area contributed by atoms with E-state index in [-0.39, 0.29) is 23.6 Å². The highest BCUT2D eigenvalue weighted by Crippen LogP contribution is 2.42. The fourth-order valence-electron chi connectivity index (χ4n) is 5.14. The molecule has 1 fully saturated rings. The van der Waals surface area contributed by atoms with E-state index in [4.69, 9.17) is 15.2 Å². The van der Waals surface area contributed by atoms with Crippen molar-refractivity contribution >= 4 is 17.0 Å². The van der Waals surface area contributed by atoms with Crippen LogP contribution in [-0.2, 0) is 20.9 Å². The van der Waals surface area contributed by atoms with Gasteiger partial charge >= 0.3 is 0 Å². The van der Waals surface area contributed by atoms with Crippen LogP contribution in [0.5, 0.6) is 0 Å². The number of nitrogens with zero attached hydrogens (tertiary/aromatic N) is 4. The number of hydrogen-bond donors (Lipinski definition) is 2. The summed E-state index contributed by atoms with van der Waals surface area (Å²) in [4.78, 5) is 12.2. The molecule has 0 amide bonds. The maximum Gasteiger partial charge on any atom is 0.240 e. The number of benzene rings is 3. The molecule has 0 unspecified atom stereocenters. The number of ether oxygens (including phenoxy) is 2. The van der Waals surface area contributed by atoms with Crippen molar-refractivity contribution in [3.8, 4) is 0 Å². The average molecular weight is 512 g/mol. The Morgan fingerprint density at radius 3 is 2.03 bits per heavy atom. The monoisotopic (exact) mass is 511 g/mol. The van der Waals surface area contributed by atoms with Crippen LogP contribution in [-0.4, -0.2) is 50.0 Å². The third-order valence-corrected chi connectivity index (χ3v) is 7.07. The second-order valence-electron chi connectivity index (χ2n) is 9.25. The van der Waals surface area contributed by atoms with Crippen LogP contribution in [0.15, 0.2) is 104 Å². The summed E-state index contributed by atoms with van der Waals surface area (Å²) < 4.78 is 30.1. The van der Waals surface area contributed by atoms with Crippen molar-refractivity contribution in [3.05, 3.63) is 120 Å². The second kappa shape index (κ2) is 9.60. The van der Waals surface area contributed by atoms with Crippen LogP contribution in [0, 0.1) is 0 Å². The number of aromatic nitrogens is 4. The van der Waals surface area contributed by atoms with Crippen LogP contribution in [0.2, 0.25) is 0 Å². The zero-order chi connectivity index (χ0) is 26.2. The zero-order valence-corrected chi connectivity index (χ0v) is 20.4. The molecule has 5 aromatic rings. The van der Waals surface area contributed by atoms with Crippen molar-refractivity contribution in [2.45, 2.75) is 23.6 Å². The van der Waals surface area contributed by atoms with Crippen LogP contribution < -0.4 is 5.73 Å². The minimum Gasteiger partial charge on any atom is -0.385 e. The normalized spacial score (nSPS) is 21.6. The van der Waals surface area contributed by atoms with E-state index in [9.17, 15) is 5.11 Å². The molecule has 1 aliphatic heterocycles. The van der Waals surface area contributed by atoms with E-state index in [1.54, 1.807) is 0 Å². The molecule has 6 rings (SSSR count). The highest BCUT2D eigenvalue weighted by molar-refractivity contribution is 5.81. The Hall–Kier alpha value is -4.18. The highest BCUT2D eigenvalue weighted by Gasteiger charge is 2.53. The predicted molar refractivity (Wildman–Crippen MR) is 140 cm³/mol. The molecule has 0 radical (unpaired) electrons. The maximum absolute atomic E-state index is 16.4. The van der Waals surface area contributed by atoms with Gasteiger partial charge in [0.2, 0.25) is 5.79 Å². The number of nitrogens with two attached hydrogens (primary N) is 1. The van der Waals surface area contributed by atoms with Gasteiger partial charge in [0.05, 0.1) is 12.9 Å². The second-order valence-corrected chi connectivity index (χ2v) is 9.25. The van der Waals surface area contributed by atoms with Gasteiger partial charge < -0.3 is 20.3 Å². The summed E-state index contributed by atoms with van der Waals surface area (Å²) in [7, 11) is 0. The van der Waals surface area contributed by atoms with Gasteiger partial charge in [-0.2, -0.15) is 0 Å². The molecule has 2 aromatic heterocycles. The number of imidazole rings is 1. The Balaban J connectivity index is 1.37. The molecule has 3 N–H and O–H groups in total. The van der Waals surface area contributed by atoms with Gasteiger partial charge in [0.15, 0.2) is 11.5 Å². The SMILES string of the molecule is Nc1ncnc2c1ncn2[C@@]1(F)CO[C@H](COC(c2ccccc2)(c2ccccc2)c2ccccc2)[C@H]1O. The zero-order valence-electron chi connectivity index (χ0n) is 20.4. The summed E-state index contributed by atoms with van der Waals surface area (Å²) in [5.41, 5.74) is 7.95. The van der Waals surface area contributed by atoms with Crippen LogP contribution in [0.4, 0.5) is 10.2 Å². The van der Waals surface area contributed by atoms with Crippen molar-refractivity contribution < 1.29 is 19.0 Å². The van der Waals surface area contributed by atoms with Crippen LogP contribution in [0.1, 0.15) is 16.7 Å². The Bertz CT molecular complexity index is 1440. The third kappa shape index (κ3) is 3.83. The number of rotatable bonds is 7. The molecule has 8 nitrogen and oxygen atoms in total. The number of alkyl halides is 1. The van der Waals surface area contributed by atoms with Gasteiger partial charge in [-0.15, -0.1) is 0 Å². The first kappa shape index (κ1) is 24.2. The summed E-state index contributed by atoms with van der Waals surface area (Å²) in [6.45, 7) is -0.498. The molecule has 3 atom stereocenters. The van der Waals surface area contributed by atoms with Crippen molar-refractivity contribution in [2.24, 2.45) is 0 Å². The number of halogens is 1. The summed E-state index contributed by atoms with van der Waals surface area (Å²) in [6, 6.07) is 29.5. The molecule has 0 saturated carbocycles. The molecule has 3 heterocycles. The fraction of sp³-hybridized carbons (Fsp3) is 0.207. The van der Waals surface area contributed by atoms with Crippen molar-refractivity contribution in [1.29, 1.82) is 0 Å². The Labute approximate surface area is 218 Å². The quantitative estimate of drug-likeness (QED) is 0.320. The van der Waals surface area contributed by atoms with Gasteiger partial charge in [-0.1, -0.05) is 91.0 Å². The fourth-order valence-corrected chi connectivity index (χ4v) is 5.14. The summed E-state index contributed by atoms with van der Waals surface area (Å²) in [5.74, 6) is -2.19. The number of nitrogen functional groups attached to an aromatic ring is 1. The van der Waals surface area contributed by atoms with E-state index in [0.717, 1.165) is 21.3 Å². The standard InChI is InChI=1S/C29H26FN5O3/c30-28(35-19-34-24-26(31)32-18-33-27(24)35)17-37-23(25(28)36)16-38-29(20-10-4-1-5-11-20,21-12-6-2-7-13-21)22-14-8-3-9-15-22/h1-15,18-19,23,25,36H,16-17H2,(H2,31,32,33)/t23-,25-,28+/m1/s1. The Morgan fingerprint density at radius 2 is 1.47 bits per heavy atom. The van der Waals surface area contributed by atoms with Gasteiger partial charge in [0, 0.05) is 0 Å². The molecule has 192 valence electrons. The number of aliphatic hydroxyl groups excluding tert-OH is 1. The number of anilines is 1.